The van der Waals surface area contributed by atoms with Gasteiger partial charge in [-0.1, -0.05) is 48.5 Å². The Balaban J connectivity index is 1.71. The molecule has 0 bridgehead atoms. The smallest absolute Gasteiger partial charge is 0.255 e. The fraction of sp³-hybridized carbons (Fsp3) is 0.0435. The van der Waals surface area contributed by atoms with Gasteiger partial charge in [-0.05, 0) is 30.3 Å². The van der Waals surface area contributed by atoms with Crippen LogP contribution in [0, 0.1) is 0 Å². The highest BCUT2D eigenvalue weighted by Crippen LogP contribution is 2.31. The molecule has 4 heteroatoms. The molecule has 0 spiro atoms. The normalized spacial score (nSPS) is 10.6. The van der Waals surface area contributed by atoms with Gasteiger partial charge in [0.25, 0.3) is 5.91 Å². The van der Waals surface area contributed by atoms with Crippen molar-refractivity contribution in [1.82, 2.24) is 4.98 Å². The van der Waals surface area contributed by atoms with Crippen molar-refractivity contribution in [2.45, 2.75) is 0 Å². The van der Waals surface area contributed by atoms with Crippen LogP contribution in [0.3, 0.4) is 0 Å². The van der Waals surface area contributed by atoms with Crippen LogP contribution in [0.25, 0.3) is 22.2 Å². The fourth-order valence-electron chi connectivity index (χ4n) is 2.99. The summed E-state index contributed by atoms with van der Waals surface area (Å²) in [6.07, 6.45) is 0. The van der Waals surface area contributed by atoms with Crippen LogP contribution < -0.4 is 10.1 Å². The van der Waals surface area contributed by atoms with Crippen LogP contribution in [-0.2, 0) is 0 Å². The third-order valence-electron chi connectivity index (χ3n) is 4.35. The quantitative estimate of drug-likeness (QED) is 0.550. The molecule has 1 aromatic heterocycles. The SMILES string of the molecule is COc1cc(-c2ccccc2)nc2ccc(NC(=O)c3ccccc3)cc12. The predicted octanol–water partition coefficient (Wildman–Crippen LogP) is 5.16. The highest BCUT2D eigenvalue weighted by atomic mass is 16.5. The Bertz CT molecular complexity index is 1090. The lowest BCUT2D eigenvalue weighted by Crippen LogP contribution is -2.11. The van der Waals surface area contributed by atoms with Gasteiger partial charge in [0, 0.05) is 28.3 Å². The number of hydrogen-bond donors (Lipinski definition) is 1. The van der Waals surface area contributed by atoms with Gasteiger partial charge in [0.15, 0.2) is 0 Å². The minimum absolute atomic E-state index is 0.150. The van der Waals surface area contributed by atoms with E-state index in [1.165, 1.54) is 0 Å². The lowest BCUT2D eigenvalue weighted by molar-refractivity contribution is 0.102. The minimum Gasteiger partial charge on any atom is -0.496 e. The number of aromatic nitrogens is 1. The number of amides is 1. The van der Waals surface area contributed by atoms with Gasteiger partial charge >= 0.3 is 0 Å². The second kappa shape index (κ2) is 7.30. The van der Waals surface area contributed by atoms with Crippen LogP contribution in [0.1, 0.15) is 10.4 Å². The zero-order valence-corrected chi connectivity index (χ0v) is 14.8. The van der Waals surface area contributed by atoms with E-state index in [4.69, 9.17) is 9.72 Å². The number of nitrogens with zero attached hydrogens (tertiary/aromatic N) is 1. The number of benzene rings is 3. The standard InChI is InChI=1S/C23H18N2O2/c1-27-22-15-21(16-8-4-2-5-9-16)25-20-13-12-18(14-19(20)22)24-23(26)17-10-6-3-7-11-17/h2-15H,1H3,(H,24,26). The third kappa shape index (κ3) is 3.51. The van der Waals surface area contributed by atoms with Crippen LogP contribution in [0.5, 0.6) is 5.75 Å². The molecule has 27 heavy (non-hydrogen) atoms. The summed E-state index contributed by atoms with van der Waals surface area (Å²) in [4.78, 5) is 17.1. The fourth-order valence-corrected chi connectivity index (χ4v) is 2.99. The largest absolute Gasteiger partial charge is 0.496 e. The number of anilines is 1. The molecule has 0 aliphatic rings. The molecule has 1 N–H and O–H groups in total. The first kappa shape index (κ1) is 16.8. The van der Waals surface area contributed by atoms with Crippen molar-refractivity contribution < 1.29 is 9.53 Å². The molecular weight excluding hydrogens is 336 g/mol. The number of hydrogen-bond acceptors (Lipinski definition) is 3. The van der Waals surface area contributed by atoms with Crippen molar-refractivity contribution in [3.05, 3.63) is 90.5 Å². The zero-order chi connectivity index (χ0) is 18.6. The highest BCUT2D eigenvalue weighted by Gasteiger charge is 2.11. The maximum atomic E-state index is 12.4. The van der Waals surface area contributed by atoms with Gasteiger partial charge in [-0.2, -0.15) is 0 Å². The first-order valence-corrected chi connectivity index (χ1v) is 8.65. The van der Waals surface area contributed by atoms with E-state index in [0.29, 0.717) is 11.3 Å². The summed E-state index contributed by atoms with van der Waals surface area (Å²) in [7, 11) is 1.64. The second-order valence-electron chi connectivity index (χ2n) is 6.13. The number of nitrogens with one attached hydrogen (secondary N) is 1. The first-order valence-electron chi connectivity index (χ1n) is 8.65. The average molecular weight is 354 g/mol. The number of carbonyl (C=O) groups is 1. The number of pyridine rings is 1. The minimum atomic E-state index is -0.150. The Morgan fingerprint density at radius 2 is 1.59 bits per heavy atom. The van der Waals surface area contributed by atoms with Gasteiger partial charge in [-0.15, -0.1) is 0 Å². The Morgan fingerprint density at radius 3 is 2.30 bits per heavy atom. The summed E-state index contributed by atoms with van der Waals surface area (Å²) in [5.41, 5.74) is 4.00. The van der Waals surface area contributed by atoms with Gasteiger partial charge in [-0.25, -0.2) is 4.98 Å². The van der Waals surface area contributed by atoms with Crippen LogP contribution >= 0.6 is 0 Å². The van der Waals surface area contributed by atoms with Crippen molar-refractivity contribution in [3.8, 4) is 17.0 Å². The van der Waals surface area contributed by atoms with E-state index in [2.05, 4.69) is 5.32 Å². The lowest BCUT2D eigenvalue weighted by atomic mass is 10.1. The molecule has 0 fully saturated rings. The van der Waals surface area contributed by atoms with Crippen molar-refractivity contribution in [2.75, 3.05) is 12.4 Å². The van der Waals surface area contributed by atoms with Gasteiger partial charge in [-0.3, -0.25) is 4.79 Å². The second-order valence-corrected chi connectivity index (χ2v) is 6.13. The van der Waals surface area contributed by atoms with Gasteiger partial charge in [0.2, 0.25) is 0 Å². The number of carbonyl (C=O) groups excluding carboxylic acids is 1. The Hall–Kier alpha value is -3.66. The molecule has 3 aromatic carbocycles. The Labute approximate surface area is 157 Å². The van der Waals surface area contributed by atoms with Gasteiger partial charge in [0.05, 0.1) is 18.3 Å². The Kier molecular flexibility index (Phi) is 4.54. The summed E-state index contributed by atoms with van der Waals surface area (Å²) in [6.45, 7) is 0. The van der Waals surface area contributed by atoms with Crippen LogP contribution in [0.2, 0.25) is 0 Å². The molecule has 0 saturated heterocycles. The molecule has 1 amide bonds. The number of rotatable bonds is 4. The summed E-state index contributed by atoms with van der Waals surface area (Å²) >= 11 is 0. The van der Waals surface area contributed by atoms with E-state index >= 15 is 0 Å². The van der Waals surface area contributed by atoms with Crippen LogP contribution in [-0.4, -0.2) is 18.0 Å². The summed E-state index contributed by atoms with van der Waals surface area (Å²) in [5.74, 6) is 0.567. The predicted molar refractivity (Wildman–Crippen MR) is 108 cm³/mol. The van der Waals surface area contributed by atoms with Gasteiger partial charge in [0.1, 0.15) is 5.75 Å². The van der Waals surface area contributed by atoms with Gasteiger partial charge < -0.3 is 10.1 Å². The van der Waals surface area contributed by atoms with Crippen molar-refractivity contribution in [2.24, 2.45) is 0 Å². The molecule has 1 heterocycles. The molecule has 0 atom stereocenters. The molecule has 4 nitrogen and oxygen atoms in total. The molecule has 132 valence electrons. The highest BCUT2D eigenvalue weighted by molar-refractivity contribution is 6.05. The summed E-state index contributed by atoms with van der Waals surface area (Å²) < 4.78 is 5.58. The third-order valence-corrected chi connectivity index (χ3v) is 4.35. The lowest BCUT2D eigenvalue weighted by Gasteiger charge is -2.11. The average Bonchev–Trinajstić information content (AvgIpc) is 2.74. The van der Waals surface area contributed by atoms with E-state index in [-0.39, 0.29) is 5.91 Å². The molecule has 0 radical (unpaired) electrons. The number of ether oxygens (including phenoxy) is 1. The molecule has 0 unspecified atom stereocenters. The van der Waals surface area contributed by atoms with Crippen molar-refractivity contribution >= 4 is 22.5 Å². The zero-order valence-electron chi connectivity index (χ0n) is 14.8. The van der Waals surface area contributed by atoms with Crippen LogP contribution in [0.15, 0.2) is 84.9 Å². The number of fused-ring (bicyclic) bond motifs is 1. The summed E-state index contributed by atoms with van der Waals surface area (Å²) in [5, 5.41) is 3.78. The van der Waals surface area contributed by atoms with E-state index in [9.17, 15) is 4.79 Å². The van der Waals surface area contributed by atoms with E-state index in [1.54, 1.807) is 19.2 Å². The maximum absolute atomic E-state index is 12.4. The topological polar surface area (TPSA) is 51.2 Å². The van der Waals surface area contributed by atoms with Crippen molar-refractivity contribution in [1.29, 1.82) is 0 Å². The van der Waals surface area contributed by atoms with E-state index < -0.39 is 0 Å². The van der Waals surface area contributed by atoms with Crippen LogP contribution in [0.4, 0.5) is 5.69 Å². The molecular formula is C23H18N2O2. The summed E-state index contributed by atoms with van der Waals surface area (Å²) in [6, 6.07) is 26.6. The maximum Gasteiger partial charge on any atom is 0.255 e. The molecule has 4 rings (SSSR count). The molecule has 4 aromatic rings. The van der Waals surface area contributed by atoms with E-state index in [1.807, 2.05) is 72.8 Å². The Morgan fingerprint density at radius 1 is 0.889 bits per heavy atom. The molecule has 0 saturated carbocycles. The monoisotopic (exact) mass is 354 g/mol. The molecule has 0 aliphatic heterocycles. The molecule has 0 aliphatic carbocycles. The van der Waals surface area contributed by atoms with E-state index in [0.717, 1.165) is 27.9 Å². The van der Waals surface area contributed by atoms with Crippen molar-refractivity contribution in [3.63, 3.8) is 0 Å². The number of methoxy groups -OCH3 is 1. The first-order chi connectivity index (χ1) is 13.2.